The van der Waals surface area contributed by atoms with Gasteiger partial charge in [-0.3, -0.25) is 0 Å². The molecule has 1 atom stereocenters. The lowest BCUT2D eigenvalue weighted by atomic mass is 9.72. The smallest absolute Gasteiger partial charge is 0.366 e. The minimum atomic E-state index is -2.01. The first-order chi connectivity index (χ1) is 14.7. The highest BCUT2D eigenvalue weighted by atomic mass is 28.4. The van der Waals surface area contributed by atoms with Gasteiger partial charge in [0, 0.05) is 0 Å². The summed E-state index contributed by atoms with van der Waals surface area (Å²) < 4.78 is 6.85. The van der Waals surface area contributed by atoms with E-state index in [0.29, 0.717) is 16.6 Å². The molecule has 1 N–H and O–H groups in total. The third-order valence-electron chi connectivity index (χ3n) is 6.76. The van der Waals surface area contributed by atoms with Gasteiger partial charge in [0.25, 0.3) is 8.32 Å². The molecule has 0 saturated heterocycles. The lowest BCUT2D eigenvalue weighted by Crippen LogP contribution is -2.50. The molecule has 4 heteroatoms. The van der Waals surface area contributed by atoms with Gasteiger partial charge >= 0.3 is 6.07 Å². The molecule has 0 aromatic heterocycles. The molecule has 0 aliphatic carbocycles. The predicted molar refractivity (Wildman–Crippen MR) is 134 cm³/mol. The highest BCUT2D eigenvalue weighted by Gasteiger charge is 2.47. The predicted octanol–water partition coefficient (Wildman–Crippen LogP) is 8.44. The standard InChI is InChI=1S/C27H39NO2Si/c1-8-9-19-27(20-28-29,24-13-11-10-12-14-24)25-15-17-26(18-16-25)30-31(21(2)3,22(4)5)23(6)7/h10-18,21-23H,8-9,19H2,1-7H3/p+1. The van der Waals surface area contributed by atoms with Crippen molar-refractivity contribution in [1.82, 2.24) is 0 Å². The zero-order valence-corrected chi connectivity index (χ0v) is 21.4. The fraction of sp³-hybridized carbons (Fsp3) is 0.519. The normalized spacial score (nSPS) is 13.7. The van der Waals surface area contributed by atoms with Crippen LogP contribution in [0.15, 0.2) is 54.6 Å². The molecule has 0 radical (unpaired) electrons. The monoisotopic (exact) mass is 438 g/mol. The molecule has 0 heterocycles. The molecule has 0 spiro atoms. The molecule has 0 aliphatic heterocycles. The maximum absolute atomic E-state index is 9.51. The van der Waals surface area contributed by atoms with Gasteiger partial charge in [-0.25, -0.2) is 0 Å². The van der Waals surface area contributed by atoms with Crippen LogP contribution in [-0.2, 0) is 5.41 Å². The maximum atomic E-state index is 9.51. The molecule has 0 fully saturated rings. The van der Waals surface area contributed by atoms with E-state index in [1.165, 1.54) is 0 Å². The molecule has 168 valence electrons. The van der Waals surface area contributed by atoms with Crippen LogP contribution in [0.4, 0.5) is 0 Å². The highest BCUT2D eigenvalue weighted by Crippen LogP contribution is 2.43. The molecule has 31 heavy (non-hydrogen) atoms. The lowest BCUT2D eigenvalue weighted by molar-refractivity contribution is 0.455. The van der Waals surface area contributed by atoms with Gasteiger partial charge in [0.05, 0.1) is 0 Å². The minimum absolute atomic E-state index is 0.523. The summed E-state index contributed by atoms with van der Waals surface area (Å²) in [5, 5.41) is 12.9. The number of nitrogens with zero attached hydrogens (tertiary/aromatic N) is 1. The number of benzene rings is 2. The van der Waals surface area contributed by atoms with Crippen LogP contribution >= 0.6 is 0 Å². The zero-order chi connectivity index (χ0) is 23.1. The number of rotatable bonds is 10. The van der Waals surface area contributed by atoms with E-state index < -0.39 is 13.7 Å². The van der Waals surface area contributed by atoms with Crippen LogP contribution in [0.1, 0.15) is 78.9 Å². The Balaban J connectivity index is 2.51. The molecule has 0 amide bonds. The van der Waals surface area contributed by atoms with Crippen LogP contribution in [0.5, 0.6) is 5.75 Å². The van der Waals surface area contributed by atoms with Crippen LogP contribution in [0.25, 0.3) is 5.01 Å². The summed E-state index contributed by atoms with van der Waals surface area (Å²) in [5.41, 5.74) is 3.15. The van der Waals surface area contributed by atoms with Crippen LogP contribution in [-0.4, -0.2) is 13.5 Å². The van der Waals surface area contributed by atoms with Gasteiger partial charge < -0.3 is 4.43 Å². The Labute approximate surface area is 190 Å². The Kier molecular flexibility index (Phi) is 8.76. The first-order valence-electron chi connectivity index (χ1n) is 11.7. The molecule has 1 unspecified atom stereocenters. The minimum Gasteiger partial charge on any atom is -0.543 e. The summed E-state index contributed by atoms with van der Waals surface area (Å²) >= 11 is 0. The molecular weight excluding hydrogens is 398 g/mol. The van der Waals surface area contributed by atoms with Crippen molar-refractivity contribution in [2.75, 3.05) is 0 Å². The summed E-state index contributed by atoms with van der Waals surface area (Å²) in [6.45, 7) is 16.0. The molecule has 2 rings (SSSR count). The van der Waals surface area contributed by atoms with Gasteiger partial charge in [0.2, 0.25) is 5.01 Å². The van der Waals surface area contributed by atoms with E-state index in [4.69, 9.17) is 4.43 Å². The third-order valence-corrected chi connectivity index (χ3v) is 12.8. The first kappa shape index (κ1) is 25.0. The van der Waals surface area contributed by atoms with Gasteiger partial charge in [-0.05, 0) is 46.3 Å². The largest absolute Gasteiger partial charge is 0.543 e. The van der Waals surface area contributed by atoms with Crippen molar-refractivity contribution < 1.29 is 9.63 Å². The van der Waals surface area contributed by atoms with Crippen molar-refractivity contribution >= 4 is 8.32 Å². The molecule has 3 nitrogen and oxygen atoms in total. The fourth-order valence-corrected chi connectivity index (χ4v) is 10.5. The van der Waals surface area contributed by atoms with Crippen LogP contribution in [0, 0.1) is 6.07 Å². The topological polar surface area (TPSA) is 33.8 Å². The number of hydrogen-bond donors (Lipinski definition) is 1. The van der Waals surface area contributed by atoms with E-state index in [1.54, 1.807) is 0 Å². The molecule has 0 saturated carbocycles. The molecule has 0 bridgehead atoms. The van der Waals surface area contributed by atoms with Crippen molar-refractivity contribution in [1.29, 1.82) is 0 Å². The lowest BCUT2D eigenvalue weighted by Gasteiger charge is -2.42. The number of hydrogen-bond acceptors (Lipinski definition) is 2. The van der Waals surface area contributed by atoms with E-state index in [1.807, 2.05) is 18.2 Å². The summed E-state index contributed by atoms with van der Waals surface area (Å²) in [5.74, 6) is 0.935. The summed E-state index contributed by atoms with van der Waals surface area (Å²) in [7, 11) is -2.01. The van der Waals surface area contributed by atoms with E-state index in [9.17, 15) is 5.21 Å². The van der Waals surface area contributed by atoms with Crippen LogP contribution in [0.3, 0.4) is 0 Å². The second kappa shape index (κ2) is 10.9. The summed E-state index contributed by atoms with van der Waals surface area (Å²) in [6, 6.07) is 21.7. The molecule has 0 aliphatic rings. The van der Waals surface area contributed by atoms with Crippen LogP contribution < -0.4 is 4.43 Å². The molecule has 2 aromatic rings. The Hall–Kier alpha value is -2.25. The zero-order valence-electron chi connectivity index (χ0n) is 20.4. The maximum Gasteiger partial charge on any atom is 0.366 e. The van der Waals surface area contributed by atoms with Gasteiger partial charge in [0.15, 0.2) is 5.41 Å². The summed E-state index contributed by atoms with van der Waals surface area (Å²) in [6.07, 6.45) is 2.91. The van der Waals surface area contributed by atoms with Crippen molar-refractivity contribution in [3.8, 4) is 11.8 Å². The van der Waals surface area contributed by atoms with E-state index in [2.05, 4.69) is 95.9 Å². The van der Waals surface area contributed by atoms with Crippen molar-refractivity contribution in [2.45, 2.75) is 89.8 Å². The van der Waals surface area contributed by atoms with Crippen LogP contribution in [0.2, 0.25) is 16.6 Å². The SMILES string of the molecule is CCCCC(C#[N+]O)(c1ccccc1)c1ccc(O[Si](C(C)C)(C(C)C)C(C)C)cc1. The van der Waals surface area contributed by atoms with Crippen molar-refractivity contribution in [3.63, 3.8) is 0 Å². The number of unbranched alkanes of at least 4 members (excludes halogenated alkanes) is 1. The van der Waals surface area contributed by atoms with E-state index in [-0.39, 0.29) is 0 Å². The molecular formula is C27H40NO2Si+. The van der Waals surface area contributed by atoms with Crippen molar-refractivity contribution in [3.05, 3.63) is 70.7 Å². The van der Waals surface area contributed by atoms with Gasteiger partial charge in [0.1, 0.15) is 5.75 Å². The second-order valence-corrected chi connectivity index (χ2v) is 14.9. The Morgan fingerprint density at radius 3 is 1.84 bits per heavy atom. The second-order valence-electron chi connectivity index (χ2n) is 9.53. The summed E-state index contributed by atoms with van der Waals surface area (Å²) in [4.78, 5) is 0. The van der Waals surface area contributed by atoms with Crippen molar-refractivity contribution in [2.24, 2.45) is 0 Å². The van der Waals surface area contributed by atoms with E-state index in [0.717, 1.165) is 36.1 Å². The quantitative estimate of drug-likeness (QED) is 0.298. The third kappa shape index (κ3) is 5.15. The Morgan fingerprint density at radius 2 is 1.39 bits per heavy atom. The average Bonchev–Trinajstić information content (AvgIpc) is 2.75. The van der Waals surface area contributed by atoms with E-state index >= 15 is 0 Å². The first-order valence-corrected chi connectivity index (χ1v) is 13.8. The highest BCUT2D eigenvalue weighted by molar-refractivity contribution is 6.78. The fourth-order valence-electron chi connectivity index (χ4n) is 5.26. The average molecular weight is 439 g/mol. The van der Waals surface area contributed by atoms with Gasteiger partial charge in [-0.15, -0.1) is 0 Å². The van der Waals surface area contributed by atoms with Gasteiger partial charge in [-0.1, -0.05) is 104 Å². The Bertz CT molecular complexity index is 844. The Morgan fingerprint density at radius 1 is 0.871 bits per heavy atom. The van der Waals surface area contributed by atoms with Gasteiger partial charge in [-0.2, -0.15) is 5.21 Å². The molecule has 2 aromatic carbocycles.